The van der Waals surface area contributed by atoms with Gasteiger partial charge in [-0.05, 0) is 36.5 Å². The first-order valence-corrected chi connectivity index (χ1v) is 9.56. The van der Waals surface area contributed by atoms with E-state index >= 15 is 0 Å². The van der Waals surface area contributed by atoms with Crippen LogP contribution in [-0.4, -0.2) is 29.3 Å². The zero-order valence-electron chi connectivity index (χ0n) is 15.4. The lowest BCUT2D eigenvalue weighted by molar-refractivity contribution is -0.141. The number of hydrogen-bond acceptors (Lipinski definition) is 2. The summed E-state index contributed by atoms with van der Waals surface area (Å²) in [5, 5.41) is 3.85. The number of benzene rings is 1. The van der Waals surface area contributed by atoms with E-state index in [0.717, 1.165) is 12.0 Å². The highest BCUT2D eigenvalue weighted by Crippen LogP contribution is 2.24. The normalized spacial score (nSPS) is 12.1. The van der Waals surface area contributed by atoms with E-state index in [0.29, 0.717) is 41.9 Å². The second-order valence-electron chi connectivity index (χ2n) is 6.58. The van der Waals surface area contributed by atoms with Gasteiger partial charge in [-0.1, -0.05) is 57.0 Å². The topological polar surface area (TPSA) is 49.4 Å². The first-order valence-electron chi connectivity index (χ1n) is 8.81. The van der Waals surface area contributed by atoms with E-state index < -0.39 is 6.04 Å². The molecule has 1 atom stereocenters. The molecule has 140 valence electrons. The molecule has 0 saturated carbocycles. The summed E-state index contributed by atoms with van der Waals surface area (Å²) >= 11 is 12.0. The maximum Gasteiger partial charge on any atom is 0.242 e. The lowest BCUT2D eigenvalue weighted by Gasteiger charge is -2.31. The maximum atomic E-state index is 12.6. The van der Waals surface area contributed by atoms with E-state index in [9.17, 15) is 9.59 Å². The smallest absolute Gasteiger partial charge is 0.242 e. The fraction of sp³-hybridized carbons (Fsp3) is 0.579. The molecule has 0 saturated heterocycles. The molecule has 0 aliphatic rings. The fourth-order valence-corrected chi connectivity index (χ4v) is 2.85. The average molecular weight is 387 g/mol. The Balaban J connectivity index is 3.01. The Morgan fingerprint density at radius 3 is 2.36 bits per heavy atom. The molecule has 0 aliphatic heterocycles. The second-order valence-corrected chi connectivity index (χ2v) is 7.40. The van der Waals surface area contributed by atoms with Gasteiger partial charge in [0.25, 0.3) is 0 Å². The summed E-state index contributed by atoms with van der Waals surface area (Å²) in [5.41, 5.74) is 0.856. The lowest BCUT2D eigenvalue weighted by Crippen LogP contribution is -2.49. The summed E-state index contributed by atoms with van der Waals surface area (Å²) in [5.74, 6) is 0.220. The Morgan fingerprint density at radius 2 is 1.84 bits per heavy atom. The third-order valence-corrected chi connectivity index (χ3v) is 4.61. The third-order valence-electron chi connectivity index (χ3n) is 3.87. The van der Waals surface area contributed by atoms with Gasteiger partial charge in [0, 0.05) is 19.5 Å². The molecule has 4 nitrogen and oxygen atoms in total. The van der Waals surface area contributed by atoms with Gasteiger partial charge in [-0.3, -0.25) is 9.59 Å². The van der Waals surface area contributed by atoms with Crippen molar-refractivity contribution in [3.8, 4) is 0 Å². The standard InChI is InChI=1S/C19H28Cl2N2O2/c1-5-7-18(24)23(12-14-8-9-15(20)16(21)10-14)17(6-2)19(25)22-11-13(3)4/h8-10,13,17H,5-7,11-12H2,1-4H3,(H,22,25)/t17-/m0/s1. The Kier molecular flexibility index (Phi) is 9.30. The molecular formula is C19H28Cl2N2O2. The Labute approximate surface area is 160 Å². The summed E-state index contributed by atoms with van der Waals surface area (Å²) in [6.45, 7) is 8.88. The molecule has 1 rings (SSSR count). The molecule has 6 heteroatoms. The van der Waals surface area contributed by atoms with Crippen LogP contribution < -0.4 is 5.32 Å². The van der Waals surface area contributed by atoms with Gasteiger partial charge in [0.15, 0.2) is 0 Å². The van der Waals surface area contributed by atoms with Crippen LogP contribution in [0.15, 0.2) is 18.2 Å². The summed E-state index contributed by atoms with van der Waals surface area (Å²) in [6, 6.07) is 4.79. The van der Waals surface area contributed by atoms with Crippen molar-refractivity contribution in [3.63, 3.8) is 0 Å². The zero-order chi connectivity index (χ0) is 19.0. The molecule has 0 aromatic heterocycles. The Morgan fingerprint density at radius 1 is 1.16 bits per heavy atom. The molecule has 1 N–H and O–H groups in total. The summed E-state index contributed by atoms with van der Waals surface area (Å²) in [6.07, 6.45) is 1.71. The predicted octanol–water partition coefficient (Wildman–Crippen LogP) is 4.67. The molecule has 0 bridgehead atoms. The zero-order valence-corrected chi connectivity index (χ0v) is 17.0. The third kappa shape index (κ3) is 6.87. The minimum atomic E-state index is -0.493. The maximum absolute atomic E-state index is 12.6. The Hall–Kier alpha value is -1.26. The molecular weight excluding hydrogens is 359 g/mol. The van der Waals surface area contributed by atoms with Gasteiger partial charge >= 0.3 is 0 Å². The average Bonchev–Trinajstić information content (AvgIpc) is 2.56. The van der Waals surface area contributed by atoms with Crippen LogP contribution in [0, 0.1) is 5.92 Å². The number of hydrogen-bond donors (Lipinski definition) is 1. The van der Waals surface area contributed by atoms with Gasteiger partial charge in [-0.25, -0.2) is 0 Å². The molecule has 0 unspecified atom stereocenters. The van der Waals surface area contributed by atoms with Crippen molar-refractivity contribution in [1.82, 2.24) is 10.2 Å². The molecule has 0 spiro atoms. The van der Waals surface area contributed by atoms with Gasteiger partial charge in [0.05, 0.1) is 10.0 Å². The summed E-state index contributed by atoms with van der Waals surface area (Å²) in [7, 11) is 0. The van der Waals surface area contributed by atoms with Crippen LogP contribution in [0.25, 0.3) is 0 Å². The van der Waals surface area contributed by atoms with E-state index in [1.807, 2.05) is 33.8 Å². The minimum Gasteiger partial charge on any atom is -0.354 e. The van der Waals surface area contributed by atoms with Crippen molar-refractivity contribution in [2.75, 3.05) is 6.54 Å². The van der Waals surface area contributed by atoms with E-state index in [1.54, 1.807) is 17.0 Å². The second kappa shape index (κ2) is 10.7. The van der Waals surface area contributed by atoms with Crippen molar-refractivity contribution in [3.05, 3.63) is 33.8 Å². The first-order chi connectivity index (χ1) is 11.8. The van der Waals surface area contributed by atoms with E-state index in [-0.39, 0.29) is 11.8 Å². The quantitative estimate of drug-likeness (QED) is 0.669. The van der Waals surface area contributed by atoms with Crippen molar-refractivity contribution >= 4 is 35.0 Å². The van der Waals surface area contributed by atoms with Crippen LogP contribution in [-0.2, 0) is 16.1 Å². The minimum absolute atomic E-state index is 0.0277. The van der Waals surface area contributed by atoms with Crippen LogP contribution in [0.3, 0.4) is 0 Å². The van der Waals surface area contributed by atoms with Gasteiger partial charge < -0.3 is 10.2 Å². The van der Waals surface area contributed by atoms with Crippen LogP contribution >= 0.6 is 23.2 Å². The molecule has 1 aromatic carbocycles. The highest BCUT2D eigenvalue weighted by Gasteiger charge is 2.28. The number of amides is 2. The predicted molar refractivity (Wildman–Crippen MR) is 104 cm³/mol. The number of nitrogens with one attached hydrogen (secondary N) is 1. The molecule has 0 heterocycles. The fourth-order valence-electron chi connectivity index (χ4n) is 2.53. The van der Waals surface area contributed by atoms with Crippen LogP contribution in [0.2, 0.25) is 10.0 Å². The first kappa shape index (κ1) is 21.8. The van der Waals surface area contributed by atoms with Gasteiger partial charge in [-0.2, -0.15) is 0 Å². The highest BCUT2D eigenvalue weighted by atomic mass is 35.5. The molecule has 0 aliphatic carbocycles. The van der Waals surface area contributed by atoms with E-state index in [4.69, 9.17) is 23.2 Å². The van der Waals surface area contributed by atoms with Gasteiger partial charge in [0.2, 0.25) is 11.8 Å². The molecule has 2 amide bonds. The van der Waals surface area contributed by atoms with Crippen molar-refractivity contribution < 1.29 is 9.59 Å². The number of carbonyl (C=O) groups excluding carboxylic acids is 2. The van der Waals surface area contributed by atoms with Gasteiger partial charge in [-0.15, -0.1) is 0 Å². The molecule has 0 radical (unpaired) electrons. The van der Waals surface area contributed by atoms with Crippen molar-refractivity contribution in [2.45, 2.75) is 59.5 Å². The van der Waals surface area contributed by atoms with Gasteiger partial charge in [0.1, 0.15) is 6.04 Å². The van der Waals surface area contributed by atoms with Crippen LogP contribution in [0.1, 0.15) is 52.5 Å². The largest absolute Gasteiger partial charge is 0.354 e. The summed E-state index contributed by atoms with van der Waals surface area (Å²) < 4.78 is 0. The highest BCUT2D eigenvalue weighted by molar-refractivity contribution is 6.42. The SMILES string of the molecule is CCCC(=O)N(Cc1ccc(Cl)c(Cl)c1)[C@@H](CC)C(=O)NCC(C)C. The van der Waals surface area contributed by atoms with Crippen molar-refractivity contribution in [1.29, 1.82) is 0 Å². The number of halogens is 2. The number of nitrogens with zero attached hydrogens (tertiary/aromatic N) is 1. The Bertz CT molecular complexity index is 591. The number of carbonyl (C=O) groups is 2. The number of rotatable bonds is 9. The van der Waals surface area contributed by atoms with E-state index in [1.165, 1.54) is 0 Å². The van der Waals surface area contributed by atoms with Crippen molar-refractivity contribution in [2.24, 2.45) is 5.92 Å². The molecule has 0 fully saturated rings. The van der Waals surface area contributed by atoms with Crippen LogP contribution in [0.5, 0.6) is 0 Å². The molecule has 25 heavy (non-hydrogen) atoms. The lowest BCUT2D eigenvalue weighted by atomic mass is 10.1. The summed E-state index contributed by atoms with van der Waals surface area (Å²) in [4.78, 5) is 26.9. The van der Waals surface area contributed by atoms with Crippen LogP contribution in [0.4, 0.5) is 0 Å². The molecule has 1 aromatic rings. The monoisotopic (exact) mass is 386 g/mol. The van der Waals surface area contributed by atoms with E-state index in [2.05, 4.69) is 5.32 Å².